The number of aryl methyl sites for hydroxylation is 1. The molecule has 2 aromatic rings. The number of halogens is 3. The van der Waals surface area contributed by atoms with Crippen LogP contribution in [0.3, 0.4) is 0 Å². The van der Waals surface area contributed by atoms with Crippen molar-refractivity contribution in [2.45, 2.75) is 32.8 Å². The molecule has 0 aliphatic carbocycles. The highest BCUT2D eigenvalue weighted by atomic mass is 19.4. The maximum absolute atomic E-state index is 12.1. The lowest BCUT2D eigenvalue weighted by atomic mass is 10.2. The number of alkyl halides is 3. The minimum absolute atomic E-state index is 0.233. The van der Waals surface area contributed by atoms with Gasteiger partial charge in [0, 0.05) is 13.0 Å². The van der Waals surface area contributed by atoms with E-state index in [1.54, 1.807) is 12.1 Å². The molecule has 0 spiro atoms. The predicted octanol–water partition coefficient (Wildman–Crippen LogP) is 3.16. The van der Waals surface area contributed by atoms with Crippen molar-refractivity contribution < 1.29 is 22.3 Å². The van der Waals surface area contributed by atoms with Crippen molar-refractivity contribution in [3.8, 4) is 5.75 Å². The van der Waals surface area contributed by atoms with Gasteiger partial charge in [-0.3, -0.25) is 4.90 Å². The molecule has 0 saturated carbocycles. The number of ether oxygens (including phenoxy) is 1. The molecule has 1 aromatic heterocycles. The van der Waals surface area contributed by atoms with E-state index >= 15 is 0 Å². The lowest BCUT2D eigenvalue weighted by Crippen LogP contribution is -2.18. The van der Waals surface area contributed by atoms with Crippen LogP contribution in [-0.2, 0) is 19.5 Å². The Balaban J connectivity index is 1.89. The van der Waals surface area contributed by atoms with Gasteiger partial charge in [0.1, 0.15) is 5.75 Å². The summed E-state index contributed by atoms with van der Waals surface area (Å²) in [5, 5.41) is 7.79. The molecule has 0 amide bonds. The molecule has 5 nitrogen and oxygen atoms in total. The third-order valence-electron chi connectivity index (χ3n) is 2.83. The van der Waals surface area contributed by atoms with Gasteiger partial charge in [-0.1, -0.05) is 19.1 Å². The second-order valence-electron chi connectivity index (χ2n) is 4.81. The average Bonchev–Trinajstić information content (AvgIpc) is 2.87. The van der Waals surface area contributed by atoms with Crippen molar-refractivity contribution in [3.63, 3.8) is 0 Å². The molecular formula is C14H16F3N3O2. The lowest BCUT2D eigenvalue weighted by Gasteiger charge is -2.15. The number of nitrogens with zero attached hydrogens (tertiary/aromatic N) is 3. The highest BCUT2D eigenvalue weighted by molar-refractivity contribution is 5.27. The van der Waals surface area contributed by atoms with E-state index in [1.807, 2.05) is 18.9 Å². The molecule has 0 aliphatic rings. The van der Waals surface area contributed by atoms with Crippen LogP contribution in [0, 0.1) is 0 Å². The Morgan fingerprint density at radius 2 is 1.73 bits per heavy atom. The zero-order valence-electron chi connectivity index (χ0n) is 12.2. The Kier molecular flexibility index (Phi) is 5.02. The molecule has 0 saturated heterocycles. The SMILES string of the molecule is CCc1nnc(CN(C)Cc2ccc(OC(F)(F)F)cc2)o1. The fourth-order valence-electron chi connectivity index (χ4n) is 1.89. The quantitative estimate of drug-likeness (QED) is 0.819. The molecule has 0 N–H and O–H groups in total. The van der Waals surface area contributed by atoms with Crippen LogP contribution >= 0.6 is 0 Å². The minimum Gasteiger partial charge on any atom is -0.424 e. The summed E-state index contributed by atoms with van der Waals surface area (Å²) < 4.78 is 45.4. The Morgan fingerprint density at radius 3 is 2.27 bits per heavy atom. The molecule has 120 valence electrons. The van der Waals surface area contributed by atoms with Crippen molar-refractivity contribution in [1.82, 2.24) is 15.1 Å². The van der Waals surface area contributed by atoms with Crippen molar-refractivity contribution in [3.05, 3.63) is 41.6 Å². The third kappa shape index (κ3) is 5.03. The fourth-order valence-corrected chi connectivity index (χ4v) is 1.89. The molecule has 0 atom stereocenters. The fraction of sp³-hybridized carbons (Fsp3) is 0.429. The first-order valence-electron chi connectivity index (χ1n) is 6.70. The lowest BCUT2D eigenvalue weighted by molar-refractivity contribution is -0.274. The average molecular weight is 315 g/mol. The number of benzene rings is 1. The van der Waals surface area contributed by atoms with Crippen LogP contribution in [0.15, 0.2) is 28.7 Å². The van der Waals surface area contributed by atoms with E-state index in [0.29, 0.717) is 31.3 Å². The summed E-state index contributed by atoms with van der Waals surface area (Å²) in [4.78, 5) is 1.92. The highest BCUT2D eigenvalue weighted by Crippen LogP contribution is 2.23. The van der Waals surface area contributed by atoms with E-state index in [4.69, 9.17) is 4.42 Å². The summed E-state index contributed by atoms with van der Waals surface area (Å²) in [6.07, 6.45) is -4.00. The Labute approximate surface area is 125 Å². The summed E-state index contributed by atoms with van der Waals surface area (Å²) >= 11 is 0. The van der Waals surface area contributed by atoms with Gasteiger partial charge in [0.15, 0.2) is 0 Å². The third-order valence-corrected chi connectivity index (χ3v) is 2.83. The largest absolute Gasteiger partial charge is 0.573 e. The first-order valence-corrected chi connectivity index (χ1v) is 6.70. The molecule has 0 radical (unpaired) electrons. The smallest absolute Gasteiger partial charge is 0.424 e. The van der Waals surface area contributed by atoms with Gasteiger partial charge in [0.2, 0.25) is 11.8 Å². The number of hydrogen-bond acceptors (Lipinski definition) is 5. The van der Waals surface area contributed by atoms with Crippen molar-refractivity contribution >= 4 is 0 Å². The van der Waals surface area contributed by atoms with Crippen molar-refractivity contribution in [2.24, 2.45) is 0 Å². The maximum atomic E-state index is 12.1. The molecule has 0 unspecified atom stereocenters. The van der Waals surface area contributed by atoms with Gasteiger partial charge in [-0.05, 0) is 24.7 Å². The Morgan fingerprint density at radius 1 is 1.09 bits per heavy atom. The topological polar surface area (TPSA) is 51.4 Å². The van der Waals surface area contributed by atoms with Gasteiger partial charge >= 0.3 is 6.36 Å². The summed E-state index contributed by atoms with van der Waals surface area (Å²) in [6.45, 7) is 2.93. The summed E-state index contributed by atoms with van der Waals surface area (Å²) in [5.74, 6) is 0.858. The first kappa shape index (κ1) is 16.3. The van der Waals surface area contributed by atoms with Gasteiger partial charge < -0.3 is 9.15 Å². The molecule has 0 aliphatic heterocycles. The highest BCUT2D eigenvalue weighted by Gasteiger charge is 2.30. The molecular weight excluding hydrogens is 299 g/mol. The van der Waals surface area contributed by atoms with Crippen LogP contribution in [0.5, 0.6) is 5.75 Å². The molecule has 8 heteroatoms. The molecule has 0 fully saturated rings. The number of hydrogen-bond donors (Lipinski definition) is 0. The second-order valence-corrected chi connectivity index (χ2v) is 4.81. The molecule has 1 heterocycles. The van der Waals surface area contributed by atoms with Crippen LogP contribution in [0.4, 0.5) is 13.2 Å². The summed E-state index contributed by atoms with van der Waals surface area (Å²) in [6, 6.07) is 5.75. The standard InChI is InChI=1S/C14H16F3N3O2/c1-3-12-18-19-13(21-12)9-20(2)8-10-4-6-11(7-5-10)22-14(15,16)17/h4-7H,3,8-9H2,1-2H3. The number of aromatic nitrogens is 2. The Hall–Kier alpha value is -2.09. The van der Waals surface area contributed by atoms with Crippen molar-refractivity contribution in [1.29, 1.82) is 0 Å². The van der Waals surface area contributed by atoms with Gasteiger partial charge in [-0.15, -0.1) is 23.4 Å². The molecule has 1 aromatic carbocycles. The van der Waals surface area contributed by atoms with Gasteiger partial charge in [-0.25, -0.2) is 0 Å². The molecule has 22 heavy (non-hydrogen) atoms. The van der Waals surface area contributed by atoms with Gasteiger partial charge in [0.25, 0.3) is 0 Å². The zero-order chi connectivity index (χ0) is 16.2. The zero-order valence-corrected chi connectivity index (χ0v) is 12.2. The predicted molar refractivity (Wildman–Crippen MR) is 72.0 cm³/mol. The van der Waals surface area contributed by atoms with Gasteiger partial charge in [0.05, 0.1) is 6.54 Å². The summed E-state index contributed by atoms with van der Waals surface area (Å²) in [7, 11) is 1.86. The maximum Gasteiger partial charge on any atom is 0.573 e. The van der Waals surface area contributed by atoms with E-state index in [2.05, 4.69) is 14.9 Å². The van der Waals surface area contributed by atoms with E-state index in [1.165, 1.54) is 12.1 Å². The van der Waals surface area contributed by atoms with E-state index < -0.39 is 6.36 Å². The Bertz CT molecular complexity index is 596. The first-order chi connectivity index (χ1) is 10.4. The normalized spacial score (nSPS) is 11.9. The van der Waals surface area contributed by atoms with Crippen LogP contribution in [0.25, 0.3) is 0 Å². The van der Waals surface area contributed by atoms with E-state index in [0.717, 1.165) is 5.56 Å². The van der Waals surface area contributed by atoms with Crippen LogP contribution in [-0.4, -0.2) is 28.5 Å². The monoisotopic (exact) mass is 315 g/mol. The van der Waals surface area contributed by atoms with Crippen LogP contribution in [0.1, 0.15) is 24.3 Å². The van der Waals surface area contributed by atoms with Crippen LogP contribution in [0.2, 0.25) is 0 Å². The van der Waals surface area contributed by atoms with E-state index in [9.17, 15) is 13.2 Å². The van der Waals surface area contributed by atoms with Gasteiger partial charge in [-0.2, -0.15) is 0 Å². The minimum atomic E-state index is -4.67. The number of rotatable bonds is 6. The van der Waals surface area contributed by atoms with E-state index in [-0.39, 0.29) is 5.75 Å². The van der Waals surface area contributed by atoms with Crippen LogP contribution < -0.4 is 4.74 Å². The molecule has 2 rings (SSSR count). The molecule has 0 bridgehead atoms. The van der Waals surface area contributed by atoms with Crippen molar-refractivity contribution in [2.75, 3.05) is 7.05 Å². The second kappa shape index (κ2) is 6.78. The summed E-state index contributed by atoms with van der Waals surface area (Å²) in [5.41, 5.74) is 0.854.